The van der Waals surface area contributed by atoms with Crippen LogP contribution in [0.5, 0.6) is 0 Å². The second-order valence-electron chi connectivity index (χ2n) is 3.02. The van der Waals surface area contributed by atoms with E-state index in [1.807, 2.05) is 0 Å². The van der Waals surface area contributed by atoms with Crippen LogP contribution in [-0.2, 0) is 11.8 Å². The Morgan fingerprint density at radius 2 is 2.31 bits per heavy atom. The predicted molar refractivity (Wildman–Crippen MR) is 45.0 cm³/mol. The van der Waals surface area contributed by atoms with Gasteiger partial charge in [-0.2, -0.15) is 5.10 Å². The standard InChI is InChI=1S/C8H12N2O3/c1-5(8(12)13)7(11)6-3-9-10(2)4-6/h3-5,7,11H,1-2H3,(H,12,13). The number of rotatable bonds is 3. The summed E-state index contributed by atoms with van der Waals surface area (Å²) in [6, 6.07) is 0. The van der Waals surface area contributed by atoms with Crippen LogP contribution >= 0.6 is 0 Å². The lowest BCUT2D eigenvalue weighted by Gasteiger charge is -2.12. The number of hydrogen-bond donors (Lipinski definition) is 2. The summed E-state index contributed by atoms with van der Waals surface area (Å²) in [7, 11) is 1.71. The highest BCUT2D eigenvalue weighted by Gasteiger charge is 2.23. The molecule has 0 aliphatic heterocycles. The molecule has 0 fully saturated rings. The van der Waals surface area contributed by atoms with E-state index < -0.39 is 18.0 Å². The highest BCUT2D eigenvalue weighted by atomic mass is 16.4. The number of hydrogen-bond acceptors (Lipinski definition) is 3. The topological polar surface area (TPSA) is 75.3 Å². The number of nitrogens with zero attached hydrogens (tertiary/aromatic N) is 2. The number of carboxylic acid groups (broad SMARTS) is 1. The lowest BCUT2D eigenvalue weighted by atomic mass is 10.0. The fourth-order valence-electron chi connectivity index (χ4n) is 1.02. The highest BCUT2D eigenvalue weighted by Crippen LogP contribution is 2.20. The molecule has 1 aromatic heterocycles. The van der Waals surface area contributed by atoms with Crippen molar-refractivity contribution in [2.45, 2.75) is 13.0 Å². The molecule has 0 radical (unpaired) electrons. The lowest BCUT2D eigenvalue weighted by molar-refractivity contribution is -0.145. The number of aryl methyl sites for hydroxylation is 1. The van der Waals surface area contributed by atoms with Crippen molar-refractivity contribution in [1.82, 2.24) is 9.78 Å². The van der Waals surface area contributed by atoms with Crippen LogP contribution in [0.3, 0.4) is 0 Å². The van der Waals surface area contributed by atoms with Crippen molar-refractivity contribution >= 4 is 5.97 Å². The first kappa shape index (κ1) is 9.73. The zero-order chi connectivity index (χ0) is 10.0. The van der Waals surface area contributed by atoms with Crippen LogP contribution in [0.2, 0.25) is 0 Å². The van der Waals surface area contributed by atoms with E-state index in [1.165, 1.54) is 17.8 Å². The lowest BCUT2D eigenvalue weighted by Crippen LogP contribution is -2.18. The maximum Gasteiger partial charge on any atom is 0.309 e. The van der Waals surface area contributed by atoms with E-state index >= 15 is 0 Å². The van der Waals surface area contributed by atoms with E-state index in [1.54, 1.807) is 13.2 Å². The van der Waals surface area contributed by atoms with Crippen LogP contribution in [-0.4, -0.2) is 26.0 Å². The van der Waals surface area contributed by atoms with Gasteiger partial charge < -0.3 is 10.2 Å². The van der Waals surface area contributed by atoms with Crippen LogP contribution in [0.25, 0.3) is 0 Å². The first-order chi connectivity index (χ1) is 6.02. The predicted octanol–water partition coefficient (Wildman–Crippen LogP) is 0.174. The summed E-state index contributed by atoms with van der Waals surface area (Å²) in [6.45, 7) is 1.46. The van der Waals surface area contributed by atoms with Gasteiger partial charge in [-0.25, -0.2) is 0 Å². The molecule has 0 aliphatic carbocycles. The summed E-state index contributed by atoms with van der Waals surface area (Å²) >= 11 is 0. The Kier molecular flexibility index (Phi) is 2.67. The molecule has 72 valence electrons. The van der Waals surface area contributed by atoms with E-state index in [0.29, 0.717) is 5.56 Å². The van der Waals surface area contributed by atoms with Crippen LogP contribution < -0.4 is 0 Å². The highest BCUT2D eigenvalue weighted by molar-refractivity contribution is 5.70. The van der Waals surface area contributed by atoms with Crippen molar-refractivity contribution in [3.63, 3.8) is 0 Å². The molecule has 1 rings (SSSR count). The summed E-state index contributed by atoms with van der Waals surface area (Å²) in [4.78, 5) is 10.5. The van der Waals surface area contributed by atoms with Crippen molar-refractivity contribution in [1.29, 1.82) is 0 Å². The molecule has 0 saturated carbocycles. The molecule has 0 bridgehead atoms. The third kappa shape index (κ3) is 2.06. The molecular weight excluding hydrogens is 172 g/mol. The van der Waals surface area contributed by atoms with Gasteiger partial charge >= 0.3 is 5.97 Å². The molecule has 1 heterocycles. The number of carbonyl (C=O) groups is 1. The fraction of sp³-hybridized carbons (Fsp3) is 0.500. The van der Waals surface area contributed by atoms with Gasteiger partial charge in [0.1, 0.15) is 0 Å². The summed E-state index contributed by atoms with van der Waals surface area (Å²) in [5.41, 5.74) is 0.525. The summed E-state index contributed by atoms with van der Waals surface area (Å²) < 4.78 is 1.52. The largest absolute Gasteiger partial charge is 0.481 e. The molecule has 0 aliphatic rings. The first-order valence-corrected chi connectivity index (χ1v) is 3.91. The minimum Gasteiger partial charge on any atom is -0.481 e. The van der Waals surface area contributed by atoms with Gasteiger partial charge in [0, 0.05) is 18.8 Å². The molecule has 2 unspecified atom stereocenters. The molecule has 0 amide bonds. The molecular formula is C8H12N2O3. The molecule has 0 spiro atoms. The van der Waals surface area contributed by atoms with Gasteiger partial charge in [-0.05, 0) is 6.92 Å². The number of aliphatic carboxylic acids is 1. The van der Waals surface area contributed by atoms with E-state index in [0.717, 1.165) is 0 Å². The Labute approximate surface area is 75.6 Å². The second-order valence-corrected chi connectivity index (χ2v) is 3.02. The third-order valence-corrected chi connectivity index (χ3v) is 1.93. The van der Waals surface area contributed by atoms with Crippen LogP contribution in [0.1, 0.15) is 18.6 Å². The molecule has 2 N–H and O–H groups in total. The van der Waals surface area contributed by atoms with Crippen molar-refractivity contribution in [3.8, 4) is 0 Å². The van der Waals surface area contributed by atoms with Gasteiger partial charge in [0.2, 0.25) is 0 Å². The summed E-state index contributed by atoms with van der Waals surface area (Å²) in [5.74, 6) is -1.83. The van der Waals surface area contributed by atoms with E-state index in [2.05, 4.69) is 5.10 Å². The first-order valence-electron chi connectivity index (χ1n) is 3.91. The van der Waals surface area contributed by atoms with E-state index in [-0.39, 0.29) is 0 Å². The Hall–Kier alpha value is -1.36. The van der Waals surface area contributed by atoms with Gasteiger partial charge in [0.15, 0.2) is 0 Å². The third-order valence-electron chi connectivity index (χ3n) is 1.93. The molecule has 13 heavy (non-hydrogen) atoms. The normalized spacial score (nSPS) is 15.3. The van der Waals surface area contributed by atoms with Gasteiger partial charge in [-0.3, -0.25) is 9.48 Å². The molecule has 5 heteroatoms. The Balaban J connectivity index is 2.78. The molecule has 5 nitrogen and oxygen atoms in total. The van der Waals surface area contributed by atoms with Crippen molar-refractivity contribution in [2.75, 3.05) is 0 Å². The van der Waals surface area contributed by atoms with Crippen LogP contribution in [0.4, 0.5) is 0 Å². The zero-order valence-corrected chi connectivity index (χ0v) is 7.51. The number of aliphatic hydroxyl groups is 1. The Bertz CT molecular complexity index is 308. The average molecular weight is 184 g/mol. The Morgan fingerprint density at radius 1 is 1.69 bits per heavy atom. The van der Waals surface area contributed by atoms with Crippen molar-refractivity contribution in [2.24, 2.45) is 13.0 Å². The number of carboxylic acids is 1. The smallest absolute Gasteiger partial charge is 0.309 e. The van der Waals surface area contributed by atoms with Gasteiger partial charge in [0.25, 0.3) is 0 Å². The molecule has 0 aromatic carbocycles. The minimum absolute atomic E-state index is 0.525. The Morgan fingerprint density at radius 3 is 2.69 bits per heavy atom. The van der Waals surface area contributed by atoms with Crippen LogP contribution in [0.15, 0.2) is 12.4 Å². The average Bonchev–Trinajstić information content (AvgIpc) is 2.49. The van der Waals surface area contributed by atoms with E-state index in [4.69, 9.17) is 5.11 Å². The monoisotopic (exact) mass is 184 g/mol. The quantitative estimate of drug-likeness (QED) is 0.702. The second kappa shape index (κ2) is 3.57. The number of aliphatic hydroxyl groups excluding tert-OH is 1. The van der Waals surface area contributed by atoms with Crippen molar-refractivity contribution < 1.29 is 15.0 Å². The van der Waals surface area contributed by atoms with Crippen molar-refractivity contribution in [3.05, 3.63) is 18.0 Å². The summed E-state index contributed by atoms with van der Waals surface area (Å²) in [6.07, 6.45) is 2.07. The molecule has 0 saturated heterocycles. The fourth-order valence-corrected chi connectivity index (χ4v) is 1.02. The van der Waals surface area contributed by atoms with Gasteiger partial charge in [0.05, 0.1) is 18.2 Å². The molecule has 2 atom stereocenters. The zero-order valence-electron chi connectivity index (χ0n) is 7.51. The minimum atomic E-state index is -1.02. The molecule has 1 aromatic rings. The SMILES string of the molecule is CC(C(=O)O)C(O)c1cnn(C)c1. The summed E-state index contributed by atoms with van der Waals surface area (Å²) in [5, 5.41) is 22.0. The maximum absolute atomic E-state index is 10.5. The number of aromatic nitrogens is 2. The van der Waals surface area contributed by atoms with Gasteiger partial charge in [-0.1, -0.05) is 0 Å². The maximum atomic E-state index is 10.5. The van der Waals surface area contributed by atoms with Gasteiger partial charge in [-0.15, -0.1) is 0 Å². The van der Waals surface area contributed by atoms with Crippen LogP contribution in [0, 0.1) is 5.92 Å². The van der Waals surface area contributed by atoms with E-state index in [9.17, 15) is 9.90 Å².